The Hall–Kier alpha value is -3.43. The highest BCUT2D eigenvalue weighted by Crippen LogP contribution is 2.35. The number of primary amides is 1. The summed E-state index contributed by atoms with van der Waals surface area (Å²) >= 11 is 0. The van der Waals surface area contributed by atoms with Crippen molar-refractivity contribution in [2.24, 2.45) is 5.73 Å². The van der Waals surface area contributed by atoms with Gasteiger partial charge in [0.1, 0.15) is 6.04 Å². The summed E-state index contributed by atoms with van der Waals surface area (Å²) in [5.41, 5.74) is 5.38. The third-order valence-electron chi connectivity index (χ3n) is 3.65. The van der Waals surface area contributed by atoms with Crippen LogP contribution in [0.4, 0.5) is 15.3 Å². The Bertz CT molecular complexity index is 817. The number of carbonyl (C=O) groups is 3. The Balaban J connectivity index is 2.66. The first kappa shape index (κ1) is 18.9. The van der Waals surface area contributed by atoms with Gasteiger partial charge in [-0.05, 0) is 26.3 Å². The van der Waals surface area contributed by atoms with Gasteiger partial charge in [-0.2, -0.15) is 0 Å². The van der Waals surface area contributed by atoms with Crippen molar-refractivity contribution in [3.8, 4) is 0 Å². The number of allylic oxidation sites excluding steroid dienone is 1. The number of rotatable bonds is 4. The second kappa shape index (κ2) is 7.21. The second-order valence-corrected chi connectivity index (χ2v) is 5.89. The smallest absolute Gasteiger partial charge is 0.338 e. The topological polar surface area (TPSA) is 145 Å². The highest BCUT2D eigenvalue weighted by molar-refractivity contribution is 6.01. The van der Waals surface area contributed by atoms with Crippen LogP contribution >= 0.6 is 0 Å². The molecule has 1 atom stereocenters. The van der Waals surface area contributed by atoms with Crippen LogP contribution in [0.3, 0.4) is 0 Å². The van der Waals surface area contributed by atoms with Gasteiger partial charge in [0.25, 0.3) is 5.69 Å². The number of hydrogen-bond acceptors (Lipinski definition) is 6. The number of hydrogen-bond donors (Lipinski definition) is 2. The number of amides is 4. The zero-order valence-electron chi connectivity index (χ0n) is 14.4. The first-order valence-corrected chi connectivity index (χ1v) is 7.69. The van der Waals surface area contributed by atoms with Crippen LogP contribution in [0, 0.1) is 10.1 Å². The van der Waals surface area contributed by atoms with E-state index in [1.807, 2.05) is 0 Å². The number of imide groups is 1. The van der Waals surface area contributed by atoms with Crippen molar-refractivity contribution in [3.05, 3.63) is 51.2 Å². The molecule has 0 saturated carbocycles. The fourth-order valence-electron chi connectivity index (χ4n) is 2.63. The maximum absolute atomic E-state index is 12.6. The quantitative estimate of drug-likeness (QED) is 0.476. The van der Waals surface area contributed by atoms with Crippen molar-refractivity contribution >= 4 is 23.7 Å². The van der Waals surface area contributed by atoms with E-state index in [1.165, 1.54) is 31.2 Å². The Morgan fingerprint density at radius 2 is 2.04 bits per heavy atom. The van der Waals surface area contributed by atoms with Gasteiger partial charge < -0.3 is 15.8 Å². The van der Waals surface area contributed by atoms with Crippen LogP contribution in [-0.4, -0.2) is 34.0 Å². The number of nitrogens with two attached hydrogens (primary N) is 1. The Kier molecular flexibility index (Phi) is 5.24. The minimum Gasteiger partial charge on any atom is -0.459 e. The van der Waals surface area contributed by atoms with Gasteiger partial charge >= 0.3 is 18.0 Å². The van der Waals surface area contributed by atoms with E-state index in [1.54, 1.807) is 13.8 Å². The van der Waals surface area contributed by atoms with Crippen molar-refractivity contribution in [1.29, 1.82) is 0 Å². The van der Waals surface area contributed by atoms with Crippen molar-refractivity contribution in [2.45, 2.75) is 32.9 Å². The average molecular weight is 362 g/mol. The molecule has 1 aliphatic heterocycles. The molecule has 138 valence electrons. The molecule has 10 nitrogen and oxygen atoms in total. The third kappa shape index (κ3) is 3.63. The lowest BCUT2D eigenvalue weighted by atomic mass is 9.93. The number of nitrogens with one attached hydrogen (secondary N) is 1. The molecule has 0 aromatic heterocycles. The van der Waals surface area contributed by atoms with Crippen LogP contribution < -0.4 is 11.1 Å². The Morgan fingerprint density at radius 3 is 2.58 bits per heavy atom. The minimum absolute atomic E-state index is 0.0300. The molecule has 0 aliphatic carbocycles. The molecular weight excluding hydrogens is 344 g/mol. The lowest BCUT2D eigenvalue weighted by molar-refractivity contribution is -0.384. The highest BCUT2D eigenvalue weighted by Gasteiger charge is 2.41. The zero-order valence-corrected chi connectivity index (χ0v) is 14.4. The van der Waals surface area contributed by atoms with Crippen molar-refractivity contribution in [2.75, 3.05) is 0 Å². The van der Waals surface area contributed by atoms with Crippen LogP contribution in [0.5, 0.6) is 0 Å². The number of benzene rings is 1. The molecule has 1 aromatic carbocycles. The summed E-state index contributed by atoms with van der Waals surface area (Å²) in [6, 6.07) is 2.09. The fourth-order valence-corrected chi connectivity index (χ4v) is 2.63. The number of carbonyl (C=O) groups excluding carboxylic acids is 3. The van der Waals surface area contributed by atoms with E-state index in [0.717, 1.165) is 0 Å². The van der Waals surface area contributed by atoms with E-state index in [9.17, 15) is 24.5 Å². The van der Waals surface area contributed by atoms with Crippen LogP contribution in [0.2, 0.25) is 0 Å². The van der Waals surface area contributed by atoms with Gasteiger partial charge in [0.2, 0.25) is 0 Å². The van der Waals surface area contributed by atoms with Gasteiger partial charge in [0, 0.05) is 17.8 Å². The van der Waals surface area contributed by atoms with Crippen LogP contribution in [0.15, 0.2) is 35.5 Å². The normalized spacial score (nSPS) is 17.2. The first-order chi connectivity index (χ1) is 12.1. The van der Waals surface area contributed by atoms with Crippen molar-refractivity contribution in [3.63, 3.8) is 0 Å². The summed E-state index contributed by atoms with van der Waals surface area (Å²) in [6.45, 7) is 4.75. The molecule has 0 fully saturated rings. The summed E-state index contributed by atoms with van der Waals surface area (Å²) in [5, 5.41) is 13.4. The number of non-ortho nitro benzene ring substituents is 1. The third-order valence-corrected chi connectivity index (χ3v) is 3.65. The van der Waals surface area contributed by atoms with Gasteiger partial charge in [0.05, 0.1) is 16.6 Å². The van der Waals surface area contributed by atoms with Gasteiger partial charge in [-0.1, -0.05) is 12.1 Å². The van der Waals surface area contributed by atoms with E-state index < -0.39 is 35.1 Å². The molecule has 0 unspecified atom stereocenters. The van der Waals surface area contributed by atoms with E-state index in [4.69, 9.17) is 10.5 Å². The Morgan fingerprint density at radius 1 is 1.38 bits per heavy atom. The molecule has 0 saturated heterocycles. The zero-order chi connectivity index (χ0) is 19.6. The number of nitro benzene ring substituents is 1. The molecule has 0 spiro atoms. The van der Waals surface area contributed by atoms with Crippen LogP contribution in [0.1, 0.15) is 32.4 Å². The number of urea groups is 2. The summed E-state index contributed by atoms with van der Waals surface area (Å²) in [7, 11) is 0. The van der Waals surface area contributed by atoms with E-state index in [-0.39, 0.29) is 22.5 Å². The number of nitro groups is 1. The molecule has 3 N–H and O–H groups in total. The molecule has 0 bridgehead atoms. The molecule has 26 heavy (non-hydrogen) atoms. The largest absolute Gasteiger partial charge is 0.459 e. The molecule has 10 heteroatoms. The second-order valence-electron chi connectivity index (χ2n) is 5.89. The van der Waals surface area contributed by atoms with Gasteiger partial charge in [-0.15, -0.1) is 0 Å². The standard InChI is InChI=1S/C16H18N4O6/c1-8(2)26-14(21)12-9(3)18-16(23)19(15(17)22)13(12)10-5-4-6-11(7-10)20(24)25/h4-8,13H,1-3H3,(H2,17,22)(H,18,23)/t13-/m1/s1. The molecule has 1 aliphatic rings. The Labute approximate surface area is 148 Å². The molecule has 1 heterocycles. The summed E-state index contributed by atoms with van der Waals surface area (Å²) < 4.78 is 5.19. The maximum Gasteiger partial charge on any atom is 0.338 e. The van der Waals surface area contributed by atoms with Crippen molar-refractivity contribution in [1.82, 2.24) is 10.2 Å². The van der Waals surface area contributed by atoms with E-state index in [2.05, 4.69) is 5.32 Å². The molecule has 1 aromatic rings. The first-order valence-electron chi connectivity index (χ1n) is 7.69. The lowest BCUT2D eigenvalue weighted by Gasteiger charge is -2.35. The molecular formula is C16H18N4O6. The summed E-state index contributed by atoms with van der Waals surface area (Å²) in [5.74, 6) is -0.764. The van der Waals surface area contributed by atoms with Gasteiger partial charge in [-0.3, -0.25) is 10.1 Å². The SMILES string of the molecule is CC1=C(C(=O)OC(C)C)[C@@H](c2cccc([N+](=O)[O-])c2)N(C(N)=O)C(=O)N1. The average Bonchev–Trinajstić information content (AvgIpc) is 2.52. The van der Waals surface area contributed by atoms with E-state index in [0.29, 0.717) is 4.90 Å². The van der Waals surface area contributed by atoms with E-state index >= 15 is 0 Å². The number of esters is 1. The van der Waals surface area contributed by atoms with Gasteiger partial charge in [-0.25, -0.2) is 19.3 Å². The monoisotopic (exact) mass is 362 g/mol. The molecule has 2 rings (SSSR count). The molecule has 0 radical (unpaired) electrons. The summed E-state index contributed by atoms with van der Waals surface area (Å²) in [4.78, 5) is 47.7. The predicted octanol–water partition coefficient (Wildman–Crippen LogP) is 1.97. The van der Waals surface area contributed by atoms with Crippen LogP contribution in [0.25, 0.3) is 0 Å². The van der Waals surface area contributed by atoms with Crippen LogP contribution in [-0.2, 0) is 9.53 Å². The fraction of sp³-hybridized carbons (Fsp3) is 0.312. The highest BCUT2D eigenvalue weighted by atomic mass is 16.6. The summed E-state index contributed by atoms with van der Waals surface area (Å²) in [6.07, 6.45) is -0.451. The van der Waals surface area contributed by atoms with Gasteiger partial charge in [0.15, 0.2) is 0 Å². The van der Waals surface area contributed by atoms with Crippen molar-refractivity contribution < 1.29 is 24.0 Å². The maximum atomic E-state index is 12.6. The number of nitrogens with zero attached hydrogens (tertiary/aromatic N) is 2. The molecule has 4 amide bonds. The predicted molar refractivity (Wildman–Crippen MR) is 89.7 cm³/mol. The lowest BCUT2D eigenvalue weighted by Crippen LogP contribution is -2.53. The number of ether oxygens (including phenoxy) is 1. The minimum atomic E-state index is -1.24.